The van der Waals surface area contributed by atoms with Gasteiger partial charge in [0.05, 0.1) is 43.6 Å². The van der Waals surface area contributed by atoms with Crippen LogP contribution in [0.3, 0.4) is 0 Å². The molecule has 12 nitrogen and oxygen atoms in total. The topological polar surface area (TPSA) is 167 Å². The van der Waals surface area contributed by atoms with Gasteiger partial charge in [-0.2, -0.15) is 0 Å². The van der Waals surface area contributed by atoms with Crippen molar-refractivity contribution in [1.29, 1.82) is 0 Å². The average molecular weight is 479 g/mol. The maximum Gasteiger partial charge on any atom is 0.277 e. The van der Waals surface area contributed by atoms with Gasteiger partial charge >= 0.3 is 0 Å². The molecule has 0 spiro atoms. The van der Waals surface area contributed by atoms with E-state index in [0.717, 1.165) is 34.6 Å². The molecule has 0 unspecified atom stereocenters. The van der Waals surface area contributed by atoms with E-state index in [1.807, 2.05) is 48.5 Å². The van der Waals surface area contributed by atoms with Gasteiger partial charge in [-0.3, -0.25) is 20.2 Å². The minimum Gasteiger partial charge on any atom is -0.416 e. The molecule has 6 aromatic rings. The summed E-state index contributed by atoms with van der Waals surface area (Å²) < 4.78 is 5.86. The first-order valence-electron chi connectivity index (χ1n) is 10.6. The highest BCUT2D eigenvalue weighted by atomic mass is 16.6. The molecule has 0 amide bonds. The van der Waals surface area contributed by atoms with Gasteiger partial charge in [0.25, 0.3) is 11.4 Å². The van der Waals surface area contributed by atoms with Gasteiger partial charge in [-0.1, -0.05) is 30.3 Å². The van der Waals surface area contributed by atoms with Gasteiger partial charge in [0.2, 0.25) is 11.8 Å². The largest absolute Gasteiger partial charge is 0.416 e. The highest BCUT2D eigenvalue weighted by Gasteiger charge is 2.22. The standard InChI is InChI=1S/C24H13N7O5/c32-30(33)14-9-13(10-15(11-14)31(34)35)23-28-29-24(36-23)17-12-21(25-18-6-2-1-5-16(17)18)22-26-19-7-3-4-8-20(19)27-22/h1-12H,(H,26,27). The van der Waals surface area contributed by atoms with Crippen LogP contribution in [-0.4, -0.2) is 35.0 Å². The van der Waals surface area contributed by atoms with E-state index in [4.69, 9.17) is 9.40 Å². The zero-order chi connectivity index (χ0) is 24.8. The Morgan fingerprint density at radius 3 is 2.14 bits per heavy atom. The van der Waals surface area contributed by atoms with Crippen molar-refractivity contribution < 1.29 is 14.3 Å². The molecule has 174 valence electrons. The lowest BCUT2D eigenvalue weighted by Gasteiger charge is -2.05. The first-order chi connectivity index (χ1) is 17.5. The maximum absolute atomic E-state index is 11.3. The SMILES string of the molecule is O=[N+]([O-])c1cc(-c2nnc(-c3cc(-c4nc5ccccc5[nH]4)nc4ccccc34)o2)cc([N+](=O)[O-])c1. The summed E-state index contributed by atoms with van der Waals surface area (Å²) in [5.41, 5.74) is 2.57. The molecule has 0 aliphatic carbocycles. The Labute approximate surface area is 200 Å². The van der Waals surface area contributed by atoms with Crippen molar-refractivity contribution in [3.63, 3.8) is 0 Å². The molecule has 0 fully saturated rings. The van der Waals surface area contributed by atoms with Crippen LogP contribution in [0, 0.1) is 20.2 Å². The number of non-ortho nitro benzene ring substituents is 2. The Balaban J connectivity index is 1.50. The number of hydrogen-bond acceptors (Lipinski definition) is 9. The fourth-order valence-corrected chi connectivity index (χ4v) is 3.93. The number of aromatic amines is 1. The van der Waals surface area contributed by atoms with E-state index in [0.29, 0.717) is 22.6 Å². The fourth-order valence-electron chi connectivity index (χ4n) is 3.93. The first kappa shape index (κ1) is 21.0. The molecule has 0 aliphatic heterocycles. The summed E-state index contributed by atoms with van der Waals surface area (Å²) in [7, 11) is 0. The number of nitrogens with one attached hydrogen (secondary N) is 1. The Morgan fingerprint density at radius 1 is 0.750 bits per heavy atom. The van der Waals surface area contributed by atoms with Crippen molar-refractivity contribution in [3.8, 4) is 34.4 Å². The summed E-state index contributed by atoms with van der Waals surface area (Å²) in [5, 5.41) is 31.4. The van der Waals surface area contributed by atoms with Crippen LogP contribution in [-0.2, 0) is 0 Å². The third-order valence-corrected chi connectivity index (χ3v) is 5.57. The number of hydrogen-bond donors (Lipinski definition) is 1. The quantitative estimate of drug-likeness (QED) is 0.254. The Bertz CT molecular complexity index is 1760. The van der Waals surface area contributed by atoms with Gasteiger partial charge in [-0.25, -0.2) is 9.97 Å². The van der Waals surface area contributed by atoms with Crippen LogP contribution in [0.1, 0.15) is 0 Å². The molecule has 0 atom stereocenters. The van der Waals surface area contributed by atoms with Gasteiger partial charge in [0.1, 0.15) is 5.69 Å². The number of aromatic nitrogens is 5. The summed E-state index contributed by atoms with van der Waals surface area (Å²) in [4.78, 5) is 33.7. The lowest BCUT2D eigenvalue weighted by atomic mass is 10.1. The normalized spacial score (nSPS) is 11.2. The first-order valence-corrected chi connectivity index (χ1v) is 10.6. The molecule has 0 bridgehead atoms. The Kier molecular flexibility index (Phi) is 4.71. The number of rotatable bonds is 5. The van der Waals surface area contributed by atoms with Crippen LogP contribution >= 0.6 is 0 Å². The van der Waals surface area contributed by atoms with Crippen LogP contribution in [0.25, 0.3) is 56.4 Å². The van der Waals surface area contributed by atoms with Crippen molar-refractivity contribution in [1.82, 2.24) is 25.1 Å². The predicted molar refractivity (Wildman–Crippen MR) is 129 cm³/mol. The van der Waals surface area contributed by atoms with E-state index in [2.05, 4.69) is 20.2 Å². The summed E-state index contributed by atoms with van der Waals surface area (Å²) in [6.45, 7) is 0. The number of nitrogens with zero attached hydrogens (tertiary/aromatic N) is 6. The van der Waals surface area contributed by atoms with Gasteiger partial charge in [0, 0.05) is 17.5 Å². The van der Waals surface area contributed by atoms with Crippen molar-refractivity contribution in [2.75, 3.05) is 0 Å². The predicted octanol–water partition coefficient (Wildman–Crippen LogP) is 5.31. The van der Waals surface area contributed by atoms with Crippen LogP contribution in [0.15, 0.2) is 77.2 Å². The Morgan fingerprint density at radius 2 is 1.42 bits per heavy atom. The molecule has 1 N–H and O–H groups in total. The lowest BCUT2D eigenvalue weighted by Crippen LogP contribution is -1.94. The molecule has 0 saturated carbocycles. The van der Waals surface area contributed by atoms with E-state index < -0.39 is 21.2 Å². The third-order valence-electron chi connectivity index (χ3n) is 5.57. The highest BCUT2D eigenvalue weighted by molar-refractivity contribution is 5.94. The molecule has 0 radical (unpaired) electrons. The summed E-state index contributed by atoms with van der Waals surface area (Å²) >= 11 is 0. The molecule has 3 aromatic carbocycles. The second kappa shape index (κ2) is 8.06. The lowest BCUT2D eigenvalue weighted by molar-refractivity contribution is -0.394. The zero-order valence-electron chi connectivity index (χ0n) is 18.2. The number of H-pyrrole nitrogens is 1. The number of fused-ring (bicyclic) bond motifs is 2. The average Bonchev–Trinajstić information content (AvgIpc) is 3.55. The molecular weight excluding hydrogens is 466 g/mol. The minimum atomic E-state index is -0.718. The fraction of sp³-hybridized carbons (Fsp3) is 0. The maximum atomic E-state index is 11.3. The Hall–Kier alpha value is -5.52. The van der Waals surface area contributed by atoms with Crippen molar-refractivity contribution in [3.05, 3.63) is 93.0 Å². The summed E-state index contributed by atoms with van der Waals surface area (Å²) in [6, 6.07) is 19.9. The van der Waals surface area contributed by atoms with Crippen LogP contribution in [0.5, 0.6) is 0 Å². The van der Waals surface area contributed by atoms with E-state index >= 15 is 0 Å². The smallest absolute Gasteiger partial charge is 0.277 e. The molecule has 6 rings (SSSR count). The van der Waals surface area contributed by atoms with Crippen molar-refractivity contribution >= 4 is 33.3 Å². The molecule has 3 aromatic heterocycles. The number of pyridine rings is 1. The second-order valence-electron chi connectivity index (χ2n) is 7.84. The van der Waals surface area contributed by atoms with Gasteiger partial charge < -0.3 is 9.40 Å². The third kappa shape index (κ3) is 3.58. The van der Waals surface area contributed by atoms with Crippen LogP contribution in [0.4, 0.5) is 11.4 Å². The number of para-hydroxylation sites is 3. The molecule has 36 heavy (non-hydrogen) atoms. The monoisotopic (exact) mass is 479 g/mol. The van der Waals surface area contributed by atoms with E-state index in [9.17, 15) is 20.2 Å². The summed E-state index contributed by atoms with van der Waals surface area (Å²) in [5.74, 6) is 0.579. The second-order valence-corrected chi connectivity index (χ2v) is 7.84. The van der Waals surface area contributed by atoms with Crippen LogP contribution in [0.2, 0.25) is 0 Å². The van der Waals surface area contributed by atoms with Crippen molar-refractivity contribution in [2.45, 2.75) is 0 Å². The number of benzene rings is 3. The van der Waals surface area contributed by atoms with Crippen LogP contribution < -0.4 is 0 Å². The number of imidazole rings is 1. The molecule has 12 heteroatoms. The highest BCUT2D eigenvalue weighted by Crippen LogP contribution is 2.34. The van der Waals surface area contributed by atoms with Gasteiger partial charge in [0.15, 0.2) is 5.82 Å². The molecule has 3 heterocycles. The molecular formula is C24H13N7O5. The van der Waals surface area contributed by atoms with Crippen molar-refractivity contribution in [2.24, 2.45) is 0 Å². The summed E-state index contributed by atoms with van der Waals surface area (Å²) in [6.07, 6.45) is 0. The molecule has 0 saturated heterocycles. The molecule has 0 aliphatic rings. The van der Waals surface area contributed by atoms with E-state index in [1.54, 1.807) is 6.07 Å². The number of nitro groups is 2. The zero-order valence-corrected chi connectivity index (χ0v) is 18.2. The van der Waals surface area contributed by atoms with Gasteiger partial charge in [-0.15, -0.1) is 10.2 Å². The van der Waals surface area contributed by atoms with E-state index in [1.165, 1.54) is 0 Å². The van der Waals surface area contributed by atoms with E-state index in [-0.39, 0.29) is 17.3 Å². The van der Waals surface area contributed by atoms with Gasteiger partial charge in [-0.05, 0) is 24.3 Å². The number of nitro benzene ring substituents is 2. The minimum absolute atomic E-state index is 0.0607.